The molecule has 24 heavy (non-hydrogen) atoms. The van der Waals surface area contributed by atoms with Crippen molar-refractivity contribution in [3.05, 3.63) is 35.5 Å². The number of nitrogens with zero attached hydrogens (tertiary/aromatic N) is 1. The van der Waals surface area contributed by atoms with E-state index in [4.69, 9.17) is 19.5 Å². The van der Waals surface area contributed by atoms with Gasteiger partial charge in [0, 0.05) is 26.4 Å². The summed E-state index contributed by atoms with van der Waals surface area (Å²) in [4.78, 5) is 11.9. The van der Waals surface area contributed by atoms with Crippen molar-refractivity contribution in [2.45, 2.75) is 6.42 Å². The molecule has 0 saturated heterocycles. The van der Waals surface area contributed by atoms with Gasteiger partial charge < -0.3 is 24.8 Å². The first-order valence-corrected chi connectivity index (χ1v) is 7.48. The number of nitriles is 1. The average Bonchev–Trinajstić information content (AvgIpc) is 2.61. The van der Waals surface area contributed by atoms with Gasteiger partial charge >= 0.3 is 0 Å². The molecule has 1 aromatic carbocycles. The highest BCUT2D eigenvalue weighted by Gasteiger charge is 2.09. The van der Waals surface area contributed by atoms with Crippen molar-refractivity contribution in [2.24, 2.45) is 0 Å². The first-order valence-electron chi connectivity index (χ1n) is 7.48. The van der Waals surface area contributed by atoms with Crippen LogP contribution in [-0.4, -0.2) is 46.9 Å². The highest BCUT2D eigenvalue weighted by atomic mass is 16.5. The number of rotatable bonds is 10. The number of carbonyl (C=O) groups excluding carboxylic acids is 1. The molecule has 0 aliphatic heterocycles. The molecule has 0 unspecified atom stereocenters. The van der Waals surface area contributed by atoms with E-state index in [-0.39, 0.29) is 5.57 Å². The molecule has 0 aliphatic carbocycles. The molecule has 0 saturated carbocycles. The summed E-state index contributed by atoms with van der Waals surface area (Å²) in [5, 5.41) is 14.6. The smallest absolute Gasteiger partial charge is 0.263 e. The van der Waals surface area contributed by atoms with Gasteiger partial charge in [-0.15, -0.1) is 0 Å². The van der Waals surface area contributed by atoms with E-state index in [1.165, 1.54) is 6.20 Å². The Morgan fingerprint density at radius 2 is 1.96 bits per heavy atom. The lowest BCUT2D eigenvalue weighted by Gasteiger charge is -2.10. The van der Waals surface area contributed by atoms with Crippen LogP contribution in [0.15, 0.2) is 30.0 Å². The fraction of sp³-hybridized carbons (Fsp3) is 0.412. The predicted octanol–water partition coefficient (Wildman–Crippen LogP) is 1.01. The maximum absolute atomic E-state index is 11.9. The molecule has 1 amide bonds. The molecule has 7 nitrogen and oxygen atoms in total. The van der Waals surface area contributed by atoms with Crippen LogP contribution in [0.5, 0.6) is 11.5 Å². The Balaban J connectivity index is 2.51. The Labute approximate surface area is 142 Å². The number of hydrogen-bond donors (Lipinski definition) is 2. The van der Waals surface area contributed by atoms with Crippen molar-refractivity contribution in [3.8, 4) is 17.6 Å². The molecule has 2 N–H and O–H groups in total. The van der Waals surface area contributed by atoms with E-state index < -0.39 is 5.91 Å². The summed E-state index contributed by atoms with van der Waals surface area (Å²) in [6.45, 7) is 1.43. The molecule has 1 rings (SSSR count). The average molecular weight is 333 g/mol. The molecule has 0 aliphatic rings. The van der Waals surface area contributed by atoms with Crippen LogP contribution in [0.25, 0.3) is 0 Å². The molecule has 0 aromatic heterocycles. The van der Waals surface area contributed by atoms with Gasteiger partial charge in [-0.1, -0.05) is 6.07 Å². The van der Waals surface area contributed by atoms with Crippen molar-refractivity contribution in [1.29, 1.82) is 5.26 Å². The maximum atomic E-state index is 11.9. The molecule has 0 fully saturated rings. The molecule has 1 aromatic rings. The van der Waals surface area contributed by atoms with Gasteiger partial charge in [0.25, 0.3) is 5.91 Å². The third-order valence-corrected chi connectivity index (χ3v) is 3.21. The van der Waals surface area contributed by atoms with E-state index in [1.807, 2.05) is 24.3 Å². The van der Waals surface area contributed by atoms with E-state index in [0.717, 1.165) is 5.56 Å². The monoisotopic (exact) mass is 333 g/mol. The summed E-state index contributed by atoms with van der Waals surface area (Å²) in [7, 11) is 4.73. The molecule has 0 atom stereocenters. The fourth-order valence-corrected chi connectivity index (χ4v) is 1.94. The van der Waals surface area contributed by atoms with E-state index in [9.17, 15) is 4.79 Å². The minimum absolute atomic E-state index is 0.0263. The largest absolute Gasteiger partial charge is 0.493 e. The Morgan fingerprint density at radius 1 is 1.21 bits per heavy atom. The van der Waals surface area contributed by atoms with Gasteiger partial charge in [-0.3, -0.25) is 4.79 Å². The summed E-state index contributed by atoms with van der Waals surface area (Å²) >= 11 is 0. The van der Waals surface area contributed by atoms with Gasteiger partial charge in [0.2, 0.25) is 0 Å². The summed E-state index contributed by atoms with van der Waals surface area (Å²) in [5.41, 5.74) is 1.02. The van der Waals surface area contributed by atoms with E-state index in [0.29, 0.717) is 37.6 Å². The Bertz CT molecular complexity index is 608. The van der Waals surface area contributed by atoms with Gasteiger partial charge in [0.05, 0.1) is 20.8 Å². The second kappa shape index (κ2) is 10.9. The standard InChI is InChI=1S/C17H23N3O4/c1-22-9-8-19-12-14(11-18)17(21)20-7-6-13-4-5-15(23-2)16(10-13)24-3/h4-5,10,12,19H,6-9H2,1-3H3,(H,20,21)/b14-12-. The Morgan fingerprint density at radius 3 is 2.58 bits per heavy atom. The fourth-order valence-electron chi connectivity index (χ4n) is 1.94. The first-order chi connectivity index (χ1) is 11.7. The highest BCUT2D eigenvalue weighted by molar-refractivity contribution is 5.97. The minimum Gasteiger partial charge on any atom is -0.493 e. The van der Waals surface area contributed by atoms with Gasteiger partial charge in [-0.2, -0.15) is 5.26 Å². The normalized spacial score (nSPS) is 10.7. The third kappa shape index (κ3) is 6.18. The van der Waals surface area contributed by atoms with Crippen LogP contribution in [0.1, 0.15) is 5.56 Å². The van der Waals surface area contributed by atoms with Crippen LogP contribution in [0.3, 0.4) is 0 Å². The SMILES string of the molecule is COCCN/C=C(/C#N)C(=O)NCCc1ccc(OC)c(OC)c1. The first kappa shape index (κ1) is 19.3. The topological polar surface area (TPSA) is 92.6 Å². The summed E-state index contributed by atoms with van der Waals surface area (Å²) in [6.07, 6.45) is 2.01. The lowest BCUT2D eigenvalue weighted by atomic mass is 10.1. The van der Waals surface area contributed by atoms with Crippen LogP contribution in [0.4, 0.5) is 0 Å². The molecule has 0 heterocycles. The number of amides is 1. The van der Waals surface area contributed by atoms with E-state index >= 15 is 0 Å². The van der Waals surface area contributed by atoms with Crippen molar-refractivity contribution in [2.75, 3.05) is 41.0 Å². The van der Waals surface area contributed by atoms with Crippen molar-refractivity contribution < 1.29 is 19.0 Å². The predicted molar refractivity (Wildman–Crippen MR) is 89.8 cm³/mol. The zero-order valence-corrected chi connectivity index (χ0v) is 14.2. The zero-order chi connectivity index (χ0) is 17.8. The van der Waals surface area contributed by atoms with Crippen LogP contribution < -0.4 is 20.1 Å². The minimum atomic E-state index is -0.414. The van der Waals surface area contributed by atoms with Gasteiger partial charge in [-0.25, -0.2) is 0 Å². The molecule has 0 bridgehead atoms. The van der Waals surface area contributed by atoms with Crippen LogP contribution >= 0.6 is 0 Å². The lowest BCUT2D eigenvalue weighted by Crippen LogP contribution is -2.28. The second-order valence-electron chi connectivity index (χ2n) is 4.81. The summed E-state index contributed by atoms with van der Waals surface area (Å²) < 4.78 is 15.3. The summed E-state index contributed by atoms with van der Waals surface area (Å²) in [5.74, 6) is 0.881. The number of carbonyl (C=O) groups is 1. The number of nitrogens with one attached hydrogen (secondary N) is 2. The molecular weight excluding hydrogens is 310 g/mol. The second-order valence-corrected chi connectivity index (χ2v) is 4.81. The van der Waals surface area contributed by atoms with Crippen molar-refractivity contribution in [3.63, 3.8) is 0 Å². The quantitative estimate of drug-likeness (QED) is 0.377. The maximum Gasteiger partial charge on any atom is 0.263 e. The molecule has 7 heteroatoms. The van der Waals surface area contributed by atoms with Crippen molar-refractivity contribution >= 4 is 5.91 Å². The third-order valence-electron chi connectivity index (χ3n) is 3.21. The Hall–Kier alpha value is -2.72. The van der Waals surface area contributed by atoms with Crippen LogP contribution in [0.2, 0.25) is 0 Å². The number of methoxy groups -OCH3 is 3. The van der Waals surface area contributed by atoms with Gasteiger partial charge in [-0.05, 0) is 24.1 Å². The van der Waals surface area contributed by atoms with Crippen LogP contribution in [-0.2, 0) is 16.0 Å². The zero-order valence-electron chi connectivity index (χ0n) is 14.2. The number of ether oxygens (including phenoxy) is 3. The van der Waals surface area contributed by atoms with Gasteiger partial charge in [0.1, 0.15) is 11.6 Å². The number of hydrogen-bond acceptors (Lipinski definition) is 6. The molecule has 0 spiro atoms. The van der Waals surface area contributed by atoms with E-state index in [1.54, 1.807) is 21.3 Å². The molecule has 0 radical (unpaired) electrons. The number of benzene rings is 1. The highest BCUT2D eigenvalue weighted by Crippen LogP contribution is 2.27. The van der Waals surface area contributed by atoms with Crippen LogP contribution in [0, 0.1) is 11.3 Å². The lowest BCUT2D eigenvalue weighted by molar-refractivity contribution is -0.117. The van der Waals surface area contributed by atoms with E-state index in [2.05, 4.69) is 10.6 Å². The summed E-state index contributed by atoms with van der Waals surface area (Å²) in [6, 6.07) is 7.45. The van der Waals surface area contributed by atoms with Gasteiger partial charge in [0.15, 0.2) is 11.5 Å². The molecule has 130 valence electrons. The van der Waals surface area contributed by atoms with Crippen molar-refractivity contribution in [1.82, 2.24) is 10.6 Å². The Kier molecular flexibility index (Phi) is 8.79. The molecular formula is C17H23N3O4.